The summed E-state index contributed by atoms with van der Waals surface area (Å²) in [4.78, 5) is 7.22. The van der Waals surface area contributed by atoms with Crippen LogP contribution in [0.25, 0.3) is 5.69 Å². The van der Waals surface area contributed by atoms with Crippen molar-refractivity contribution in [1.82, 2.24) is 25.3 Å². The molecule has 1 aromatic carbocycles. The summed E-state index contributed by atoms with van der Waals surface area (Å²) < 4.78 is 1.86. The third-order valence-corrected chi connectivity index (χ3v) is 4.43. The van der Waals surface area contributed by atoms with Gasteiger partial charge < -0.3 is 10.6 Å². The van der Waals surface area contributed by atoms with E-state index in [1.807, 2.05) is 23.0 Å². The van der Waals surface area contributed by atoms with Gasteiger partial charge in [0.05, 0.1) is 12.2 Å². The van der Waals surface area contributed by atoms with Gasteiger partial charge in [-0.15, -0.1) is 0 Å². The second kappa shape index (κ2) is 10.7. The molecular weight excluding hydrogens is 336 g/mol. The molecule has 0 unspecified atom stereocenters. The number of nitrogens with one attached hydrogen (secondary N) is 2. The number of aromatic nitrogens is 2. The summed E-state index contributed by atoms with van der Waals surface area (Å²) in [6.45, 7) is 14.4. The van der Waals surface area contributed by atoms with Crippen LogP contribution < -0.4 is 10.6 Å². The van der Waals surface area contributed by atoms with E-state index in [2.05, 4.69) is 73.4 Å². The third kappa shape index (κ3) is 6.71. The average Bonchev–Trinajstić information content (AvgIpc) is 3.17. The van der Waals surface area contributed by atoms with Gasteiger partial charge >= 0.3 is 0 Å². The molecule has 2 N–H and O–H groups in total. The van der Waals surface area contributed by atoms with Gasteiger partial charge in [-0.05, 0) is 58.4 Å². The molecule has 0 fully saturated rings. The quantitative estimate of drug-likeness (QED) is 0.526. The number of nitrogens with zero attached hydrogens (tertiary/aromatic N) is 4. The van der Waals surface area contributed by atoms with Crippen LogP contribution in [0.5, 0.6) is 0 Å². The highest BCUT2D eigenvalue weighted by Gasteiger charge is 2.12. The van der Waals surface area contributed by atoms with Crippen molar-refractivity contribution < 1.29 is 0 Å². The maximum Gasteiger partial charge on any atom is 0.191 e. The van der Waals surface area contributed by atoms with Gasteiger partial charge in [0.25, 0.3) is 0 Å². The molecule has 0 radical (unpaired) electrons. The van der Waals surface area contributed by atoms with Crippen LogP contribution in [0.15, 0.2) is 47.7 Å². The minimum absolute atomic E-state index is 0.538. The highest BCUT2D eigenvalue weighted by molar-refractivity contribution is 5.79. The van der Waals surface area contributed by atoms with Gasteiger partial charge in [-0.2, -0.15) is 5.10 Å². The molecule has 1 heterocycles. The molecule has 2 aromatic rings. The van der Waals surface area contributed by atoms with E-state index < -0.39 is 0 Å². The highest BCUT2D eigenvalue weighted by atomic mass is 15.3. The first kappa shape index (κ1) is 21.0. The molecule has 0 saturated heterocycles. The number of aliphatic imine (C=N–C) groups is 1. The summed E-state index contributed by atoms with van der Waals surface area (Å²) in [5.74, 6) is 0.856. The van der Waals surface area contributed by atoms with Crippen molar-refractivity contribution in [3.05, 3.63) is 48.3 Å². The molecular formula is C21H34N6. The maximum absolute atomic E-state index is 4.74. The van der Waals surface area contributed by atoms with E-state index in [0.717, 1.165) is 36.8 Å². The summed E-state index contributed by atoms with van der Waals surface area (Å²) in [5.41, 5.74) is 2.21. The summed E-state index contributed by atoms with van der Waals surface area (Å²) in [5, 5.41) is 11.1. The van der Waals surface area contributed by atoms with Crippen molar-refractivity contribution >= 4 is 5.96 Å². The molecule has 1 aromatic heterocycles. The summed E-state index contributed by atoms with van der Waals surface area (Å²) in [7, 11) is 0. The Bertz CT molecular complexity index is 682. The molecule has 0 saturated carbocycles. The maximum atomic E-state index is 4.74. The van der Waals surface area contributed by atoms with E-state index in [0.29, 0.717) is 18.6 Å². The number of guanidine groups is 1. The SMILES string of the molecule is CCNC(=NCc1cccc(-n2cccn2)c1)NCCN(C(C)C)C(C)C. The number of rotatable bonds is 9. The predicted octanol–water partition coefficient (Wildman–Crippen LogP) is 3.05. The zero-order valence-electron chi connectivity index (χ0n) is 17.3. The van der Waals surface area contributed by atoms with Gasteiger partial charge in [0.15, 0.2) is 5.96 Å². The first-order chi connectivity index (χ1) is 13.0. The van der Waals surface area contributed by atoms with Gasteiger partial charge in [-0.1, -0.05) is 12.1 Å². The van der Waals surface area contributed by atoms with Crippen LogP contribution in [0, 0.1) is 0 Å². The zero-order valence-corrected chi connectivity index (χ0v) is 17.3. The second-order valence-corrected chi connectivity index (χ2v) is 7.17. The number of benzene rings is 1. The Hall–Kier alpha value is -2.34. The van der Waals surface area contributed by atoms with Crippen molar-refractivity contribution in [3.63, 3.8) is 0 Å². The van der Waals surface area contributed by atoms with Crippen molar-refractivity contribution in [2.75, 3.05) is 19.6 Å². The van der Waals surface area contributed by atoms with Crippen LogP contribution in [0.2, 0.25) is 0 Å². The normalized spacial score (nSPS) is 12.2. The largest absolute Gasteiger partial charge is 0.357 e. The van der Waals surface area contributed by atoms with Crippen LogP contribution >= 0.6 is 0 Å². The van der Waals surface area contributed by atoms with E-state index >= 15 is 0 Å². The molecule has 6 nitrogen and oxygen atoms in total. The lowest BCUT2D eigenvalue weighted by molar-refractivity contribution is 0.178. The first-order valence-electron chi connectivity index (χ1n) is 9.88. The van der Waals surface area contributed by atoms with E-state index in [9.17, 15) is 0 Å². The number of hydrogen-bond acceptors (Lipinski definition) is 3. The second-order valence-electron chi connectivity index (χ2n) is 7.17. The summed E-state index contributed by atoms with van der Waals surface area (Å²) in [6.07, 6.45) is 3.73. The Labute approximate surface area is 163 Å². The van der Waals surface area contributed by atoms with Crippen molar-refractivity contribution in [2.45, 2.75) is 53.2 Å². The number of hydrogen-bond donors (Lipinski definition) is 2. The Balaban J connectivity index is 1.96. The minimum Gasteiger partial charge on any atom is -0.357 e. The molecule has 148 valence electrons. The van der Waals surface area contributed by atoms with Crippen LogP contribution in [0.1, 0.15) is 40.2 Å². The predicted molar refractivity (Wildman–Crippen MR) is 113 cm³/mol. The van der Waals surface area contributed by atoms with Crippen molar-refractivity contribution in [3.8, 4) is 5.69 Å². The Morgan fingerprint density at radius 1 is 1.15 bits per heavy atom. The van der Waals surface area contributed by atoms with Crippen molar-refractivity contribution in [1.29, 1.82) is 0 Å². The van der Waals surface area contributed by atoms with Crippen LogP contribution in [-0.2, 0) is 6.54 Å². The summed E-state index contributed by atoms with van der Waals surface area (Å²) >= 11 is 0. The lowest BCUT2D eigenvalue weighted by Gasteiger charge is -2.30. The van der Waals surface area contributed by atoms with Crippen molar-refractivity contribution in [2.24, 2.45) is 4.99 Å². The van der Waals surface area contributed by atoms with Crippen LogP contribution in [0.4, 0.5) is 0 Å². The Kier molecular flexibility index (Phi) is 8.33. The monoisotopic (exact) mass is 370 g/mol. The highest BCUT2D eigenvalue weighted by Crippen LogP contribution is 2.10. The first-order valence-corrected chi connectivity index (χ1v) is 9.88. The Morgan fingerprint density at radius 3 is 2.56 bits per heavy atom. The topological polar surface area (TPSA) is 57.5 Å². The van der Waals surface area contributed by atoms with Gasteiger partial charge in [0.2, 0.25) is 0 Å². The van der Waals surface area contributed by atoms with E-state index in [-0.39, 0.29) is 0 Å². The molecule has 0 spiro atoms. The van der Waals surface area contributed by atoms with Gasteiger partial charge in [0.1, 0.15) is 0 Å². The lowest BCUT2D eigenvalue weighted by Crippen LogP contribution is -2.45. The summed E-state index contributed by atoms with van der Waals surface area (Å²) in [6, 6.07) is 11.3. The van der Waals surface area contributed by atoms with Gasteiger partial charge in [-0.25, -0.2) is 9.67 Å². The molecule has 2 rings (SSSR count). The third-order valence-electron chi connectivity index (χ3n) is 4.43. The van der Waals surface area contributed by atoms with E-state index in [4.69, 9.17) is 4.99 Å². The van der Waals surface area contributed by atoms with E-state index in [1.165, 1.54) is 0 Å². The molecule has 0 aliphatic heterocycles. The zero-order chi connectivity index (χ0) is 19.6. The fraction of sp³-hybridized carbons (Fsp3) is 0.524. The molecule has 0 amide bonds. The van der Waals surface area contributed by atoms with Gasteiger partial charge in [0, 0.05) is 44.1 Å². The van der Waals surface area contributed by atoms with Crippen LogP contribution in [0.3, 0.4) is 0 Å². The van der Waals surface area contributed by atoms with E-state index in [1.54, 1.807) is 6.20 Å². The van der Waals surface area contributed by atoms with Crippen LogP contribution in [-0.4, -0.2) is 52.4 Å². The van der Waals surface area contributed by atoms with Gasteiger partial charge in [-0.3, -0.25) is 4.90 Å². The fourth-order valence-corrected chi connectivity index (χ4v) is 3.15. The lowest BCUT2D eigenvalue weighted by atomic mass is 10.2. The molecule has 0 bridgehead atoms. The molecule has 6 heteroatoms. The Morgan fingerprint density at radius 2 is 1.93 bits per heavy atom. The smallest absolute Gasteiger partial charge is 0.191 e. The molecule has 0 aliphatic rings. The average molecular weight is 371 g/mol. The molecule has 27 heavy (non-hydrogen) atoms. The molecule has 0 aliphatic carbocycles. The minimum atomic E-state index is 0.538. The fourth-order valence-electron chi connectivity index (χ4n) is 3.15. The standard InChI is InChI=1S/C21H34N6/c1-6-22-21(23-12-14-26(17(2)3)18(4)5)24-16-19-9-7-10-20(15-19)27-13-8-11-25-27/h7-11,13,15,17-18H,6,12,14,16H2,1-5H3,(H2,22,23,24). The molecule has 0 atom stereocenters.